The SMILES string of the molecule is CCNC(CC1CCCN(S(C)(=O)=O)C1)c1csc(I)c1. The van der Waals surface area contributed by atoms with E-state index in [9.17, 15) is 8.42 Å². The number of hydrogen-bond acceptors (Lipinski definition) is 4. The first-order valence-electron chi connectivity index (χ1n) is 7.32. The summed E-state index contributed by atoms with van der Waals surface area (Å²) in [4.78, 5) is 0. The Morgan fingerprint density at radius 3 is 2.90 bits per heavy atom. The number of sulfonamides is 1. The third-order valence-corrected chi connectivity index (χ3v) is 7.04. The van der Waals surface area contributed by atoms with E-state index in [1.54, 1.807) is 15.6 Å². The molecule has 2 atom stereocenters. The van der Waals surface area contributed by atoms with E-state index in [4.69, 9.17) is 0 Å². The predicted molar refractivity (Wildman–Crippen MR) is 97.2 cm³/mol. The zero-order valence-corrected chi connectivity index (χ0v) is 16.3. The molecule has 1 aromatic rings. The molecule has 1 aliphatic heterocycles. The molecule has 2 heterocycles. The first-order valence-corrected chi connectivity index (χ1v) is 11.1. The molecule has 0 aromatic carbocycles. The molecule has 0 saturated carbocycles. The lowest BCUT2D eigenvalue weighted by atomic mass is 9.90. The number of piperidine rings is 1. The number of halogens is 1. The van der Waals surface area contributed by atoms with Crippen molar-refractivity contribution >= 4 is 44.0 Å². The van der Waals surface area contributed by atoms with Crippen LogP contribution in [0.15, 0.2) is 11.4 Å². The maximum atomic E-state index is 11.7. The second kappa shape index (κ2) is 7.72. The summed E-state index contributed by atoms with van der Waals surface area (Å²) in [7, 11) is -3.05. The minimum absolute atomic E-state index is 0.333. The average molecular weight is 442 g/mol. The molecule has 7 heteroatoms. The topological polar surface area (TPSA) is 49.4 Å². The molecule has 0 amide bonds. The highest BCUT2D eigenvalue weighted by Crippen LogP contribution is 2.31. The van der Waals surface area contributed by atoms with Crippen LogP contribution in [-0.4, -0.2) is 38.6 Å². The Hall–Kier alpha value is 0.300. The average Bonchev–Trinajstić information content (AvgIpc) is 2.84. The minimum Gasteiger partial charge on any atom is -0.310 e. The fourth-order valence-corrected chi connectivity index (χ4v) is 5.31. The van der Waals surface area contributed by atoms with Gasteiger partial charge in [-0.05, 0) is 71.3 Å². The van der Waals surface area contributed by atoms with Gasteiger partial charge in [0, 0.05) is 19.1 Å². The minimum atomic E-state index is -3.05. The van der Waals surface area contributed by atoms with E-state index in [0.29, 0.717) is 25.0 Å². The van der Waals surface area contributed by atoms with Crippen LogP contribution in [0.1, 0.15) is 37.8 Å². The van der Waals surface area contributed by atoms with E-state index in [1.165, 1.54) is 14.7 Å². The molecule has 4 nitrogen and oxygen atoms in total. The normalized spacial score (nSPS) is 22.3. The Balaban J connectivity index is 2.03. The fraction of sp³-hybridized carbons (Fsp3) is 0.714. The quantitative estimate of drug-likeness (QED) is 0.690. The van der Waals surface area contributed by atoms with Crippen LogP contribution in [0.2, 0.25) is 0 Å². The molecule has 2 rings (SSSR count). The van der Waals surface area contributed by atoms with E-state index in [0.717, 1.165) is 25.8 Å². The molecular weight excluding hydrogens is 419 g/mol. The number of thiophene rings is 1. The van der Waals surface area contributed by atoms with Crippen molar-refractivity contribution in [1.82, 2.24) is 9.62 Å². The van der Waals surface area contributed by atoms with Gasteiger partial charge in [-0.3, -0.25) is 0 Å². The monoisotopic (exact) mass is 442 g/mol. The summed E-state index contributed by atoms with van der Waals surface area (Å²) < 4.78 is 26.4. The Bertz CT molecular complexity index is 559. The van der Waals surface area contributed by atoms with Crippen molar-refractivity contribution < 1.29 is 8.42 Å². The van der Waals surface area contributed by atoms with Crippen molar-refractivity contribution in [3.8, 4) is 0 Å². The first-order chi connectivity index (χ1) is 9.90. The van der Waals surface area contributed by atoms with E-state index < -0.39 is 10.0 Å². The van der Waals surface area contributed by atoms with E-state index in [2.05, 4.69) is 46.3 Å². The number of rotatable bonds is 6. The first kappa shape index (κ1) is 17.7. The van der Waals surface area contributed by atoms with Gasteiger partial charge in [0.25, 0.3) is 0 Å². The van der Waals surface area contributed by atoms with Gasteiger partial charge in [-0.2, -0.15) is 0 Å². The highest BCUT2D eigenvalue weighted by Gasteiger charge is 2.28. The lowest BCUT2D eigenvalue weighted by molar-refractivity contribution is 0.239. The van der Waals surface area contributed by atoms with Gasteiger partial charge >= 0.3 is 0 Å². The van der Waals surface area contributed by atoms with Gasteiger partial charge in [0.1, 0.15) is 0 Å². The van der Waals surface area contributed by atoms with Crippen LogP contribution in [-0.2, 0) is 10.0 Å². The van der Waals surface area contributed by atoms with E-state index >= 15 is 0 Å². The lowest BCUT2D eigenvalue weighted by Crippen LogP contribution is -2.40. The van der Waals surface area contributed by atoms with Gasteiger partial charge < -0.3 is 5.32 Å². The largest absolute Gasteiger partial charge is 0.310 e. The van der Waals surface area contributed by atoms with Crippen molar-refractivity contribution in [2.24, 2.45) is 5.92 Å². The zero-order valence-electron chi connectivity index (χ0n) is 12.5. The van der Waals surface area contributed by atoms with Crippen LogP contribution in [0.3, 0.4) is 0 Å². The van der Waals surface area contributed by atoms with Gasteiger partial charge in [0.2, 0.25) is 10.0 Å². The van der Waals surface area contributed by atoms with Crippen molar-refractivity contribution in [1.29, 1.82) is 0 Å². The standard InChI is InChI=1S/C14H23IN2O2S2/c1-3-16-13(12-8-14(15)20-10-12)7-11-5-4-6-17(9-11)21(2,18)19/h8,10-11,13,16H,3-7,9H2,1-2H3. The summed E-state index contributed by atoms with van der Waals surface area (Å²) in [5.74, 6) is 0.440. The summed E-state index contributed by atoms with van der Waals surface area (Å²) in [6.45, 7) is 4.40. The number of nitrogens with zero attached hydrogens (tertiary/aromatic N) is 1. The highest BCUT2D eigenvalue weighted by atomic mass is 127. The predicted octanol–water partition coefficient (Wildman–Crippen LogP) is 3.07. The van der Waals surface area contributed by atoms with Crippen LogP contribution in [0.5, 0.6) is 0 Å². The van der Waals surface area contributed by atoms with E-state index in [1.807, 2.05) is 0 Å². The molecule has 0 bridgehead atoms. The van der Waals surface area contributed by atoms with Gasteiger partial charge in [-0.1, -0.05) is 6.92 Å². The summed E-state index contributed by atoms with van der Waals surface area (Å²) in [6, 6.07) is 2.56. The Morgan fingerprint density at radius 2 is 2.33 bits per heavy atom. The van der Waals surface area contributed by atoms with Crippen LogP contribution in [0.25, 0.3) is 0 Å². The van der Waals surface area contributed by atoms with Crippen LogP contribution in [0.4, 0.5) is 0 Å². The molecule has 1 saturated heterocycles. The van der Waals surface area contributed by atoms with Crippen molar-refractivity contribution in [3.05, 3.63) is 19.9 Å². The molecule has 120 valence electrons. The molecule has 1 aliphatic rings. The highest BCUT2D eigenvalue weighted by molar-refractivity contribution is 14.1. The van der Waals surface area contributed by atoms with E-state index in [-0.39, 0.29) is 0 Å². The molecule has 0 radical (unpaired) electrons. The third-order valence-electron chi connectivity index (χ3n) is 3.96. The summed E-state index contributed by atoms with van der Waals surface area (Å²) in [6.07, 6.45) is 4.41. The number of nitrogens with one attached hydrogen (secondary N) is 1. The van der Waals surface area contributed by atoms with Crippen molar-refractivity contribution in [2.75, 3.05) is 25.9 Å². The molecule has 1 aromatic heterocycles. The second-order valence-corrected chi connectivity index (χ2v) is 10.4. The number of hydrogen-bond donors (Lipinski definition) is 1. The van der Waals surface area contributed by atoms with Gasteiger partial charge in [0.05, 0.1) is 9.14 Å². The maximum absolute atomic E-state index is 11.7. The van der Waals surface area contributed by atoms with Gasteiger partial charge in [-0.25, -0.2) is 12.7 Å². The maximum Gasteiger partial charge on any atom is 0.211 e. The zero-order chi connectivity index (χ0) is 15.5. The van der Waals surface area contributed by atoms with Gasteiger partial charge in [-0.15, -0.1) is 11.3 Å². The summed E-state index contributed by atoms with van der Waals surface area (Å²) in [5.41, 5.74) is 1.34. The molecule has 2 unspecified atom stereocenters. The summed E-state index contributed by atoms with van der Waals surface area (Å²) >= 11 is 4.12. The molecule has 1 N–H and O–H groups in total. The molecule has 0 aliphatic carbocycles. The summed E-state index contributed by atoms with van der Waals surface area (Å²) in [5, 5.41) is 5.76. The Morgan fingerprint density at radius 1 is 1.57 bits per heavy atom. The van der Waals surface area contributed by atoms with Crippen molar-refractivity contribution in [2.45, 2.75) is 32.2 Å². The lowest BCUT2D eigenvalue weighted by Gasteiger charge is -2.33. The molecular formula is C14H23IN2O2S2. The Kier molecular flexibility index (Phi) is 6.49. The second-order valence-electron chi connectivity index (χ2n) is 5.66. The molecule has 1 fully saturated rings. The molecule has 21 heavy (non-hydrogen) atoms. The van der Waals surface area contributed by atoms with Crippen LogP contribution in [0, 0.1) is 8.80 Å². The fourth-order valence-electron chi connectivity index (χ4n) is 2.94. The van der Waals surface area contributed by atoms with Crippen LogP contribution >= 0.6 is 33.9 Å². The Labute approximate surface area is 145 Å². The van der Waals surface area contributed by atoms with Crippen LogP contribution < -0.4 is 5.32 Å². The van der Waals surface area contributed by atoms with Gasteiger partial charge in [0.15, 0.2) is 0 Å². The smallest absolute Gasteiger partial charge is 0.211 e. The third kappa shape index (κ3) is 5.16. The van der Waals surface area contributed by atoms with Crippen molar-refractivity contribution in [3.63, 3.8) is 0 Å². The molecule has 0 spiro atoms.